The Labute approximate surface area is 261 Å². The second-order valence-electron chi connectivity index (χ2n) is 10.6. The van der Waals surface area contributed by atoms with Crippen molar-refractivity contribution in [3.8, 4) is 11.1 Å². The van der Waals surface area contributed by atoms with Gasteiger partial charge in [0, 0.05) is 18.0 Å². The van der Waals surface area contributed by atoms with E-state index in [0.717, 1.165) is 47.2 Å². The van der Waals surface area contributed by atoms with Gasteiger partial charge in [-0.25, -0.2) is 13.2 Å². The number of carbonyl (C=O) groups is 1. The molecule has 11 heteroatoms. The third-order valence-electron chi connectivity index (χ3n) is 7.49. The molecule has 0 aliphatic heterocycles. The minimum absolute atomic E-state index is 0.0855. The van der Waals surface area contributed by atoms with Crippen LogP contribution in [-0.2, 0) is 16.6 Å². The molecule has 0 atom stereocenters. The van der Waals surface area contributed by atoms with E-state index in [0.29, 0.717) is 17.5 Å². The summed E-state index contributed by atoms with van der Waals surface area (Å²) in [7, 11) is -4.34. The highest BCUT2D eigenvalue weighted by Gasteiger charge is 2.29. The smallest absolute Gasteiger partial charge is 0.371 e. The van der Waals surface area contributed by atoms with Crippen molar-refractivity contribution in [2.75, 3.05) is 16.2 Å². The first-order valence-corrected chi connectivity index (χ1v) is 16.1. The number of hydrogen-bond acceptors (Lipinski definition) is 7. The van der Waals surface area contributed by atoms with Crippen LogP contribution >= 0.6 is 0 Å². The van der Waals surface area contributed by atoms with Crippen LogP contribution in [0.3, 0.4) is 0 Å². The zero-order valence-corrected chi connectivity index (χ0v) is 25.5. The molecule has 0 fully saturated rings. The van der Waals surface area contributed by atoms with E-state index in [4.69, 9.17) is 4.42 Å². The number of nitrogens with zero attached hydrogens (tertiary/aromatic N) is 2. The summed E-state index contributed by atoms with van der Waals surface area (Å²) in [5.41, 5.74) is 3.09. The van der Waals surface area contributed by atoms with Crippen LogP contribution in [0.2, 0.25) is 0 Å². The van der Waals surface area contributed by atoms with Crippen LogP contribution in [0.15, 0.2) is 106 Å². The number of sulfonamides is 1. The number of hydrogen-bond donors (Lipinski definition) is 2. The average Bonchev–Trinajstić information content (AvgIpc) is 3.48. The predicted molar refractivity (Wildman–Crippen MR) is 174 cm³/mol. The maximum absolute atomic E-state index is 14.3. The number of aromatic carboxylic acids is 1. The molecule has 0 saturated heterocycles. The summed E-state index contributed by atoms with van der Waals surface area (Å²) < 4.78 is 35.0. The summed E-state index contributed by atoms with van der Waals surface area (Å²) in [6.07, 6.45) is 3.95. The van der Waals surface area contributed by atoms with Crippen molar-refractivity contribution in [3.05, 3.63) is 118 Å². The van der Waals surface area contributed by atoms with Crippen LogP contribution in [0.1, 0.15) is 48.7 Å². The number of carboxylic acids is 1. The van der Waals surface area contributed by atoms with E-state index >= 15 is 0 Å². The second kappa shape index (κ2) is 13.6. The van der Waals surface area contributed by atoms with Gasteiger partial charge in [0.25, 0.3) is 15.7 Å². The van der Waals surface area contributed by atoms with Crippen molar-refractivity contribution in [2.24, 2.45) is 0 Å². The normalized spacial score (nSPS) is 11.4. The van der Waals surface area contributed by atoms with E-state index < -0.39 is 20.9 Å². The highest BCUT2D eigenvalue weighted by Crippen LogP contribution is 2.34. The van der Waals surface area contributed by atoms with E-state index in [1.807, 2.05) is 54.6 Å². The van der Waals surface area contributed by atoms with Crippen molar-refractivity contribution < 1.29 is 27.7 Å². The lowest BCUT2D eigenvalue weighted by Gasteiger charge is -2.25. The SMILES string of the molecule is CCCCCCNc1ccc(S(=O)(=O)N(Cc2ccc(-c3ccccc3)cc2)c2ccc3oc(C(=O)O)cc3c2)cc1[N+](=O)[O-]. The molecule has 2 N–H and O–H groups in total. The largest absolute Gasteiger partial charge is 0.475 e. The molecule has 1 aromatic heterocycles. The van der Waals surface area contributed by atoms with E-state index in [2.05, 4.69) is 12.2 Å². The minimum Gasteiger partial charge on any atom is -0.475 e. The number of carboxylic acid groups (broad SMARTS) is 1. The van der Waals surface area contributed by atoms with Gasteiger partial charge in [0.15, 0.2) is 0 Å². The molecule has 0 unspecified atom stereocenters. The number of nitrogens with one attached hydrogen (secondary N) is 1. The number of nitro benzene ring substituents is 1. The number of unbranched alkanes of at least 4 members (excludes halogenated alkanes) is 3. The molecule has 45 heavy (non-hydrogen) atoms. The van der Waals surface area contributed by atoms with Crippen molar-refractivity contribution in [1.82, 2.24) is 0 Å². The van der Waals surface area contributed by atoms with Crippen molar-refractivity contribution in [2.45, 2.75) is 44.0 Å². The summed E-state index contributed by atoms with van der Waals surface area (Å²) in [6, 6.07) is 27.0. The quantitative estimate of drug-likeness (QED) is 0.0714. The topological polar surface area (TPSA) is 143 Å². The minimum atomic E-state index is -4.34. The number of anilines is 2. The maximum atomic E-state index is 14.3. The summed E-state index contributed by atoms with van der Waals surface area (Å²) >= 11 is 0. The van der Waals surface area contributed by atoms with Crippen LogP contribution in [0.5, 0.6) is 0 Å². The standard InChI is InChI=1S/C34H33N3O7S/c1-2-3-4-8-19-35-30-17-16-29(22-31(30)37(40)41)45(42,43)36(28-15-18-32-27(20-28)21-33(44-32)34(38)39)23-24-11-13-26(14-12-24)25-9-6-5-7-10-25/h5-7,9-18,20-22,35H,2-4,8,19,23H2,1H3,(H,38,39). The number of nitro groups is 1. The highest BCUT2D eigenvalue weighted by atomic mass is 32.2. The number of benzene rings is 4. The third-order valence-corrected chi connectivity index (χ3v) is 9.26. The lowest BCUT2D eigenvalue weighted by atomic mass is 10.0. The lowest BCUT2D eigenvalue weighted by molar-refractivity contribution is -0.384. The van der Waals surface area contributed by atoms with E-state index in [9.17, 15) is 28.4 Å². The molecule has 0 saturated carbocycles. The van der Waals surface area contributed by atoms with Crippen LogP contribution in [0.4, 0.5) is 17.1 Å². The fraction of sp³-hybridized carbons (Fsp3) is 0.206. The molecule has 0 aliphatic rings. The number of rotatable bonds is 14. The zero-order chi connectivity index (χ0) is 32.0. The molecular weight excluding hydrogens is 594 g/mol. The van der Waals surface area contributed by atoms with Gasteiger partial charge in [0.05, 0.1) is 22.1 Å². The van der Waals surface area contributed by atoms with Gasteiger partial charge in [0.1, 0.15) is 11.3 Å². The summed E-state index contributed by atoms with van der Waals surface area (Å²) in [4.78, 5) is 22.7. The molecule has 232 valence electrons. The average molecular weight is 628 g/mol. The van der Waals surface area contributed by atoms with Crippen LogP contribution in [0, 0.1) is 10.1 Å². The highest BCUT2D eigenvalue weighted by molar-refractivity contribution is 7.92. The summed E-state index contributed by atoms with van der Waals surface area (Å²) in [6.45, 7) is 2.54. The molecule has 0 amide bonds. The van der Waals surface area contributed by atoms with E-state index in [1.165, 1.54) is 36.4 Å². The molecule has 5 aromatic rings. The molecule has 1 heterocycles. The first kappa shape index (κ1) is 31.3. The lowest BCUT2D eigenvalue weighted by Crippen LogP contribution is -2.30. The second-order valence-corrected chi connectivity index (χ2v) is 12.5. The molecule has 10 nitrogen and oxygen atoms in total. The summed E-state index contributed by atoms with van der Waals surface area (Å²) in [5.74, 6) is -1.52. The number of furan rings is 1. The first-order valence-electron chi connectivity index (χ1n) is 14.6. The van der Waals surface area contributed by atoms with Crippen molar-refractivity contribution in [1.29, 1.82) is 0 Å². The Morgan fingerprint density at radius 2 is 1.64 bits per heavy atom. The zero-order valence-electron chi connectivity index (χ0n) is 24.7. The van der Waals surface area contributed by atoms with Gasteiger partial charge in [-0.1, -0.05) is 80.8 Å². The van der Waals surface area contributed by atoms with Crippen LogP contribution in [-0.4, -0.2) is 31.0 Å². The Bertz CT molecular complexity index is 1920. The van der Waals surface area contributed by atoms with Gasteiger partial charge >= 0.3 is 5.97 Å². The van der Waals surface area contributed by atoms with Gasteiger partial charge in [-0.3, -0.25) is 14.4 Å². The van der Waals surface area contributed by atoms with Crippen molar-refractivity contribution >= 4 is 44.0 Å². The molecule has 0 radical (unpaired) electrons. The van der Waals surface area contributed by atoms with Crippen LogP contribution in [0.25, 0.3) is 22.1 Å². The Hall–Kier alpha value is -5.16. The van der Waals surface area contributed by atoms with Gasteiger partial charge in [-0.15, -0.1) is 0 Å². The third kappa shape index (κ3) is 7.15. The Morgan fingerprint density at radius 3 is 2.33 bits per heavy atom. The monoisotopic (exact) mass is 627 g/mol. The maximum Gasteiger partial charge on any atom is 0.371 e. The fourth-order valence-electron chi connectivity index (χ4n) is 5.08. The van der Waals surface area contributed by atoms with Gasteiger partial charge in [-0.05, 0) is 59.5 Å². The molecule has 4 aromatic carbocycles. The van der Waals surface area contributed by atoms with Crippen molar-refractivity contribution in [3.63, 3.8) is 0 Å². The molecular formula is C34H33N3O7S. The predicted octanol–water partition coefficient (Wildman–Crippen LogP) is 8.09. The van der Waals surface area contributed by atoms with E-state index in [1.54, 1.807) is 0 Å². The van der Waals surface area contributed by atoms with E-state index in [-0.39, 0.29) is 39.8 Å². The van der Waals surface area contributed by atoms with Gasteiger partial charge in [0.2, 0.25) is 5.76 Å². The summed E-state index contributed by atoms with van der Waals surface area (Å²) in [5, 5.41) is 24.9. The molecule has 0 aliphatic carbocycles. The fourth-order valence-corrected chi connectivity index (χ4v) is 6.55. The Morgan fingerprint density at radius 1 is 0.911 bits per heavy atom. The Kier molecular flexibility index (Phi) is 9.48. The van der Waals surface area contributed by atoms with Gasteiger partial charge in [-0.2, -0.15) is 0 Å². The molecule has 5 rings (SSSR count). The molecule has 0 spiro atoms. The van der Waals surface area contributed by atoms with Gasteiger partial charge < -0.3 is 14.8 Å². The molecule has 0 bridgehead atoms. The first-order chi connectivity index (χ1) is 21.7. The Balaban J connectivity index is 1.52. The number of fused-ring (bicyclic) bond motifs is 1. The van der Waals surface area contributed by atoms with Crippen LogP contribution < -0.4 is 9.62 Å².